The van der Waals surface area contributed by atoms with Crippen LogP contribution in [-0.2, 0) is 4.74 Å². The minimum absolute atomic E-state index is 0.161. The summed E-state index contributed by atoms with van der Waals surface area (Å²) in [6, 6.07) is 10.4. The van der Waals surface area contributed by atoms with Crippen LogP contribution in [0.1, 0.15) is 19.4 Å². The molecular formula is C14H20N2O. The first-order valence-corrected chi connectivity index (χ1v) is 5.79. The van der Waals surface area contributed by atoms with Crippen LogP contribution in [0.25, 0.3) is 0 Å². The molecule has 0 aromatic heterocycles. The zero-order chi connectivity index (χ0) is 12.9. The van der Waals surface area contributed by atoms with Gasteiger partial charge in [-0.15, -0.1) is 0 Å². The zero-order valence-corrected chi connectivity index (χ0v) is 10.9. The van der Waals surface area contributed by atoms with Gasteiger partial charge in [0, 0.05) is 12.8 Å². The Balaban J connectivity index is 2.94. The van der Waals surface area contributed by atoms with Crippen molar-refractivity contribution in [2.75, 3.05) is 19.0 Å². The lowest BCUT2D eigenvalue weighted by atomic mass is 9.88. The van der Waals surface area contributed by atoms with Crippen LogP contribution in [0.4, 0.5) is 5.69 Å². The second-order valence-electron chi connectivity index (χ2n) is 4.66. The average Bonchev–Trinajstić information content (AvgIpc) is 2.31. The quantitative estimate of drug-likeness (QED) is 0.848. The van der Waals surface area contributed by atoms with Crippen molar-refractivity contribution in [2.45, 2.75) is 26.3 Å². The van der Waals surface area contributed by atoms with Crippen LogP contribution >= 0.6 is 0 Å². The predicted octanol–water partition coefficient (Wildman–Crippen LogP) is 2.97. The monoisotopic (exact) mass is 232 g/mol. The van der Waals surface area contributed by atoms with Crippen LogP contribution in [0, 0.1) is 24.2 Å². The number of nitrogens with one attached hydrogen (secondary N) is 1. The minimum Gasteiger partial charge on any atom is -0.381 e. The fourth-order valence-corrected chi connectivity index (χ4v) is 1.66. The Morgan fingerprint density at radius 3 is 2.35 bits per heavy atom. The Labute approximate surface area is 103 Å². The fourth-order valence-electron chi connectivity index (χ4n) is 1.66. The molecule has 0 saturated heterocycles. The molecule has 1 N–H and O–H groups in total. The van der Waals surface area contributed by atoms with E-state index in [1.807, 2.05) is 45.0 Å². The van der Waals surface area contributed by atoms with Gasteiger partial charge in [-0.25, -0.2) is 0 Å². The molecule has 3 nitrogen and oxygen atoms in total. The molecule has 17 heavy (non-hydrogen) atoms. The predicted molar refractivity (Wildman–Crippen MR) is 69.9 cm³/mol. The SMILES string of the molecule is COCC(C#N)(Nc1ccc(C)cc1)C(C)C. The van der Waals surface area contributed by atoms with E-state index < -0.39 is 5.54 Å². The summed E-state index contributed by atoms with van der Waals surface area (Å²) < 4.78 is 5.17. The van der Waals surface area contributed by atoms with Crippen LogP contribution in [0.5, 0.6) is 0 Å². The van der Waals surface area contributed by atoms with Crippen molar-refractivity contribution in [2.24, 2.45) is 5.92 Å². The largest absolute Gasteiger partial charge is 0.381 e. The molecule has 1 rings (SSSR count). The van der Waals surface area contributed by atoms with Crippen LogP contribution in [0.15, 0.2) is 24.3 Å². The normalized spacial score (nSPS) is 14.1. The maximum atomic E-state index is 9.40. The first-order valence-electron chi connectivity index (χ1n) is 5.79. The Morgan fingerprint density at radius 2 is 1.94 bits per heavy atom. The molecule has 0 aliphatic heterocycles. The lowest BCUT2D eigenvalue weighted by molar-refractivity contribution is 0.144. The van der Waals surface area contributed by atoms with Crippen molar-refractivity contribution in [3.8, 4) is 6.07 Å². The van der Waals surface area contributed by atoms with Crippen molar-refractivity contribution < 1.29 is 4.74 Å². The van der Waals surface area contributed by atoms with Gasteiger partial charge in [0.2, 0.25) is 0 Å². The van der Waals surface area contributed by atoms with Gasteiger partial charge in [0.15, 0.2) is 5.54 Å². The van der Waals surface area contributed by atoms with Gasteiger partial charge in [0.25, 0.3) is 0 Å². The number of hydrogen-bond donors (Lipinski definition) is 1. The van der Waals surface area contributed by atoms with Gasteiger partial charge in [-0.1, -0.05) is 31.5 Å². The second-order valence-corrected chi connectivity index (χ2v) is 4.66. The Bertz CT molecular complexity index is 392. The van der Waals surface area contributed by atoms with E-state index >= 15 is 0 Å². The fraction of sp³-hybridized carbons (Fsp3) is 0.500. The highest BCUT2D eigenvalue weighted by Crippen LogP contribution is 2.23. The van der Waals surface area contributed by atoms with Gasteiger partial charge >= 0.3 is 0 Å². The number of ether oxygens (including phenoxy) is 1. The minimum atomic E-state index is -0.677. The summed E-state index contributed by atoms with van der Waals surface area (Å²) in [5.41, 5.74) is 1.47. The third-order valence-corrected chi connectivity index (χ3v) is 2.98. The van der Waals surface area contributed by atoms with Crippen LogP contribution < -0.4 is 5.32 Å². The van der Waals surface area contributed by atoms with Gasteiger partial charge in [-0.2, -0.15) is 5.26 Å². The highest BCUT2D eigenvalue weighted by Gasteiger charge is 2.33. The summed E-state index contributed by atoms with van der Waals surface area (Å²) in [5, 5.41) is 12.7. The molecule has 1 atom stereocenters. The van der Waals surface area contributed by atoms with Gasteiger partial charge in [-0.05, 0) is 25.0 Å². The van der Waals surface area contributed by atoms with Crippen molar-refractivity contribution in [3.05, 3.63) is 29.8 Å². The van der Waals surface area contributed by atoms with E-state index in [2.05, 4.69) is 11.4 Å². The number of hydrogen-bond acceptors (Lipinski definition) is 3. The van der Waals surface area contributed by atoms with Gasteiger partial charge in [0.1, 0.15) is 0 Å². The molecule has 0 fully saturated rings. The maximum absolute atomic E-state index is 9.40. The molecule has 1 unspecified atom stereocenters. The molecule has 0 bridgehead atoms. The van der Waals surface area contributed by atoms with E-state index in [-0.39, 0.29) is 5.92 Å². The average molecular weight is 232 g/mol. The summed E-state index contributed by atoms with van der Waals surface area (Å²) in [6.45, 7) is 6.45. The van der Waals surface area contributed by atoms with Gasteiger partial charge in [-0.3, -0.25) is 0 Å². The lowest BCUT2D eigenvalue weighted by Crippen LogP contribution is -2.46. The number of nitriles is 1. The van der Waals surface area contributed by atoms with E-state index in [1.54, 1.807) is 7.11 Å². The summed E-state index contributed by atoms with van der Waals surface area (Å²) in [5.74, 6) is 0.161. The smallest absolute Gasteiger partial charge is 0.151 e. The van der Waals surface area contributed by atoms with Crippen LogP contribution in [0.3, 0.4) is 0 Å². The molecule has 0 aliphatic carbocycles. The van der Waals surface area contributed by atoms with E-state index in [0.29, 0.717) is 6.61 Å². The topological polar surface area (TPSA) is 45.0 Å². The highest BCUT2D eigenvalue weighted by molar-refractivity contribution is 5.49. The Kier molecular flexibility index (Phi) is 4.53. The number of benzene rings is 1. The molecule has 0 radical (unpaired) electrons. The van der Waals surface area contributed by atoms with Gasteiger partial charge < -0.3 is 10.1 Å². The first-order chi connectivity index (χ1) is 8.04. The molecule has 0 amide bonds. The van der Waals surface area contributed by atoms with E-state index in [0.717, 1.165) is 5.69 Å². The standard InChI is InChI=1S/C14H20N2O/c1-11(2)14(9-15,10-17-4)16-13-7-5-12(3)6-8-13/h5-8,11,16H,10H2,1-4H3. The number of aryl methyl sites for hydroxylation is 1. The Hall–Kier alpha value is -1.53. The molecule has 0 aliphatic rings. The van der Waals surface area contributed by atoms with Crippen molar-refractivity contribution >= 4 is 5.69 Å². The lowest BCUT2D eigenvalue weighted by Gasteiger charge is -2.32. The molecule has 92 valence electrons. The summed E-state index contributed by atoms with van der Waals surface area (Å²) in [6.07, 6.45) is 0. The third-order valence-electron chi connectivity index (χ3n) is 2.98. The van der Waals surface area contributed by atoms with E-state index in [1.165, 1.54) is 5.56 Å². The van der Waals surface area contributed by atoms with Gasteiger partial charge in [0.05, 0.1) is 12.7 Å². The van der Waals surface area contributed by atoms with E-state index in [9.17, 15) is 5.26 Å². The van der Waals surface area contributed by atoms with E-state index in [4.69, 9.17) is 4.74 Å². The Morgan fingerprint density at radius 1 is 1.35 bits per heavy atom. The third kappa shape index (κ3) is 3.21. The number of anilines is 1. The number of rotatable bonds is 5. The molecule has 3 heteroatoms. The zero-order valence-electron chi connectivity index (χ0n) is 10.9. The number of methoxy groups -OCH3 is 1. The maximum Gasteiger partial charge on any atom is 0.151 e. The second kappa shape index (κ2) is 5.70. The molecule has 1 aromatic carbocycles. The summed E-state index contributed by atoms with van der Waals surface area (Å²) >= 11 is 0. The molecule has 0 spiro atoms. The van der Waals surface area contributed by atoms with Crippen molar-refractivity contribution in [1.29, 1.82) is 5.26 Å². The molecule has 0 heterocycles. The summed E-state index contributed by atoms with van der Waals surface area (Å²) in [4.78, 5) is 0. The van der Waals surface area contributed by atoms with Crippen LogP contribution in [0.2, 0.25) is 0 Å². The van der Waals surface area contributed by atoms with Crippen LogP contribution in [-0.4, -0.2) is 19.3 Å². The first kappa shape index (κ1) is 13.5. The molecule has 1 aromatic rings. The molecular weight excluding hydrogens is 212 g/mol. The number of nitrogens with zero attached hydrogens (tertiary/aromatic N) is 1. The highest BCUT2D eigenvalue weighted by atomic mass is 16.5. The van der Waals surface area contributed by atoms with Crippen molar-refractivity contribution in [1.82, 2.24) is 0 Å². The molecule has 0 saturated carbocycles. The van der Waals surface area contributed by atoms with Crippen molar-refractivity contribution in [3.63, 3.8) is 0 Å². The summed E-state index contributed by atoms with van der Waals surface area (Å²) in [7, 11) is 1.62.